The Morgan fingerprint density at radius 3 is 2.39 bits per heavy atom. The molecule has 0 aliphatic rings. The van der Waals surface area contributed by atoms with Crippen LogP contribution in [0.5, 0.6) is 0 Å². The summed E-state index contributed by atoms with van der Waals surface area (Å²) in [6.07, 6.45) is 1.36. The quantitative estimate of drug-likeness (QED) is 0.837. The highest BCUT2D eigenvalue weighted by Gasteiger charge is 2.18. The van der Waals surface area contributed by atoms with Gasteiger partial charge in [0.25, 0.3) is 0 Å². The molecule has 1 aromatic heterocycles. The van der Waals surface area contributed by atoms with Gasteiger partial charge in [0.2, 0.25) is 0 Å². The van der Waals surface area contributed by atoms with Gasteiger partial charge in [-0.1, -0.05) is 29.8 Å². The molecule has 2 aromatic rings. The molecule has 4 nitrogen and oxygen atoms in total. The maximum atomic E-state index is 12.2. The lowest BCUT2D eigenvalue weighted by atomic mass is 10.0. The molecule has 0 atom stereocenters. The summed E-state index contributed by atoms with van der Waals surface area (Å²) in [5, 5.41) is 8.99. The number of hydrogen-bond donors (Lipinski definition) is 1. The third kappa shape index (κ3) is 2.27. The van der Waals surface area contributed by atoms with Crippen molar-refractivity contribution in [3.8, 4) is 0 Å². The number of carboxylic acids is 1. The Balaban J connectivity index is 2.46. The van der Waals surface area contributed by atoms with Gasteiger partial charge in [-0.05, 0) is 19.1 Å². The molecule has 0 fully saturated rings. The minimum absolute atomic E-state index is 0.105. The number of hydrogen-bond acceptors (Lipinski definition) is 3. The zero-order valence-electron chi connectivity index (χ0n) is 9.75. The Morgan fingerprint density at radius 1 is 1.11 bits per heavy atom. The van der Waals surface area contributed by atoms with Gasteiger partial charge < -0.3 is 5.11 Å². The predicted octanol–water partition coefficient (Wildman–Crippen LogP) is 2.32. The first-order chi connectivity index (χ1) is 8.59. The van der Waals surface area contributed by atoms with Crippen LogP contribution in [0.4, 0.5) is 0 Å². The van der Waals surface area contributed by atoms with Gasteiger partial charge in [0.1, 0.15) is 0 Å². The molecule has 0 unspecified atom stereocenters. The lowest BCUT2D eigenvalue weighted by Crippen LogP contribution is -2.11. The van der Waals surface area contributed by atoms with Crippen molar-refractivity contribution in [3.05, 3.63) is 65.0 Å². The van der Waals surface area contributed by atoms with Crippen molar-refractivity contribution in [1.29, 1.82) is 0 Å². The molecule has 1 N–H and O–H groups in total. The summed E-state index contributed by atoms with van der Waals surface area (Å²) in [5.41, 5.74) is 1.38. The standard InChI is InChI=1S/C14H11NO3/c1-9-4-6-10(7-5-9)13(16)11-3-2-8-15-12(11)14(17)18/h2-8H,1H3,(H,17,18). The maximum Gasteiger partial charge on any atom is 0.355 e. The average molecular weight is 241 g/mol. The molecule has 0 aliphatic heterocycles. The lowest BCUT2D eigenvalue weighted by Gasteiger charge is -2.04. The molecule has 0 saturated carbocycles. The molecule has 0 spiro atoms. The van der Waals surface area contributed by atoms with Crippen LogP contribution in [0.15, 0.2) is 42.6 Å². The fourth-order valence-electron chi connectivity index (χ4n) is 1.62. The molecular weight excluding hydrogens is 230 g/mol. The topological polar surface area (TPSA) is 67.3 Å². The van der Waals surface area contributed by atoms with E-state index in [0.717, 1.165) is 5.56 Å². The van der Waals surface area contributed by atoms with Crippen LogP contribution in [0, 0.1) is 6.92 Å². The van der Waals surface area contributed by atoms with Gasteiger partial charge in [-0.25, -0.2) is 9.78 Å². The van der Waals surface area contributed by atoms with E-state index in [0.29, 0.717) is 5.56 Å². The van der Waals surface area contributed by atoms with Crippen LogP contribution in [0.1, 0.15) is 32.0 Å². The summed E-state index contributed by atoms with van der Waals surface area (Å²) < 4.78 is 0. The highest BCUT2D eigenvalue weighted by atomic mass is 16.4. The normalized spacial score (nSPS) is 10.1. The molecule has 0 saturated heterocycles. The zero-order chi connectivity index (χ0) is 13.1. The first kappa shape index (κ1) is 12.0. The van der Waals surface area contributed by atoms with E-state index in [4.69, 9.17) is 5.11 Å². The predicted molar refractivity (Wildman–Crippen MR) is 65.8 cm³/mol. The van der Waals surface area contributed by atoms with Crippen LogP contribution in [0.2, 0.25) is 0 Å². The smallest absolute Gasteiger partial charge is 0.355 e. The van der Waals surface area contributed by atoms with Crippen molar-refractivity contribution in [1.82, 2.24) is 4.98 Å². The van der Waals surface area contributed by atoms with E-state index in [1.807, 2.05) is 19.1 Å². The monoisotopic (exact) mass is 241 g/mol. The summed E-state index contributed by atoms with van der Waals surface area (Å²) in [6.45, 7) is 1.92. The third-order valence-corrected chi connectivity index (χ3v) is 2.57. The van der Waals surface area contributed by atoms with Crippen LogP contribution in [0.3, 0.4) is 0 Å². The summed E-state index contributed by atoms with van der Waals surface area (Å²) in [4.78, 5) is 26.9. The number of benzene rings is 1. The Hall–Kier alpha value is -2.49. The Morgan fingerprint density at radius 2 is 1.78 bits per heavy atom. The molecule has 2 rings (SSSR count). The molecule has 0 bridgehead atoms. The van der Waals surface area contributed by atoms with Crippen molar-refractivity contribution in [2.75, 3.05) is 0 Å². The minimum Gasteiger partial charge on any atom is -0.476 e. The van der Waals surface area contributed by atoms with Gasteiger partial charge in [0.05, 0.1) is 5.56 Å². The second-order valence-corrected chi connectivity index (χ2v) is 3.90. The van der Waals surface area contributed by atoms with Crippen LogP contribution in [-0.2, 0) is 0 Å². The molecule has 0 aliphatic carbocycles. The van der Waals surface area contributed by atoms with Crippen molar-refractivity contribution in [2.45, 2.75) is 6.92 Å². The highest BCUT2D eigenvalue weighted by molar-refractivity contribution is 6.13. The van der Waals surface area contributed by atoms with Crippen LogP contribution < -0.4 is 0 Å². The summed E-state index contributed by atoms with van der Waals surface area (Å²) in [6, 6.07) is 9.99. The molecule has 4 heteroatoms. The number of ketones is 1. The highest BCUT2D eigenvalue weighted by Crippen LogP contribution is 2.13. The zero-order valence-corrected chi connectivity index (χ0v) is 9.75. The Bertz CT molecular complexity index is 603. The van der Waals surface area contributed by atoms with E-state index >= 15 is 0 Å². The molecule has 1 heterocycles. The van der Waals surface area contributed by atoms with E-state index in [9.17, 15) is 9.59 Å². The number of carbonyl (C=O) groups is 2. The first-order valence-electron chi connectivity index (χ1n) is 5.39. The maximum absolute atomic E-state index is 12.2. The largest absolute Gasteiger partial charge is 0.476 e. The van der Waals surface area contributed by atoms with Gasteiger partial charge in [-0.15, -0.1) is 0 Å². The molecule has 18 heavy (non-hydrogen) atoms. The fraction of sp³-hybridized carbons (Fsp3) is 0.0714. The molecule has 1 aromatic carbocycles. The Kier molecular flexibility index (Phi) is 3.19. The first-order valence-corrected chi connectivity index (χ1v) is 5.39. The van der Waals surface area contributed by atoms with Gasteiger partial charge in [-0.3, -0.25) is 4.79 Å². The number of rotatable bonds is 3. The van der Waals surface area contributed by atoms with E-state index in [-0.39, 0.29) is 17.0 Å². The van der Waals surface area contributed by atoms with Crippen LogP contribution in [0.25, 0.3) is 0 Å². The molecule has 0 amide bonds. The van der Waals surface area contributed by atoms with Gasteiger partial charge in [0.15, 0.2) is 11.5 Å². The number of aryl methyl sites for hydroxylation is 1. The van der Waals surface area contributed by atoms with E-state index < -0.39 is 5.97 Å². The molecule has 0 radical (unpaired) electrons. The number of aromatic nitrogens is 1. The van der Waals surface area contributed by atoms with Crippen molar-refractivity contribution >= 4 is 11.8 Å². The van der Waals surface area contributed by atoms with E-state index in [1.165, 1.54) is 12.3 Å². The van der Waals surface area contributed by atoms with Gasteiger partial charge in [0, 0.05) is 11.8 Å². The summed E-state index contributed by atoms with van der Waals surface area (Å²) in [5.74, 6) is -1.54. The number of carbonyl (C=O) groups excluding carboxylic acids is 1. The average Bonchev–Trinajstić information content (AvgIpc) is 2.39. The number of aromatic carboxylic acids is 1. The van der Waals surface area contributed by atoms with Gasteiger partial charge >= 0.3 is 5.97 Å². The van der Waals surface area contributed by atoms with Crippen molar-refractivity contribution in [2.24, 2.45) is 0 Å². The minimum atomic E-state index is -1.20. The number of carboxylic acid groups (broad SMARTS) is 1. The SMILES string of the molecule is Cc1ccc(C(=O)c2cccnc2C(=O)O)cc1. The molecule has 90 valence electrons. The van der Waals surface area contributed by atoms with Crippen LogP contribution in [-0.4, -0.2) is 21.8 Å². The van der Waals surface area contributed by atoms with Crippen molar-refractivity contribution < 1.29 is 14.7 Å². The summed E-state index contributed by atoms with van der Waals surface area (Å²) in [7, 11) is 0. The van der Waals surface area contributed by atoms with E-state index in [1.54, 1.807) is 18.2 Å². The summed E-state index contributed by atoms with van der Waals surface area (Å²) >= 11 is 0. The van der Waals surface area contributed by atoms with Crippen molar-refractivity contribution in [3.63, 3.8) is 0 Å². The van der Waals surface area contributed by atoms with Gasteiger partial charge in [-0.2, -0.15) is 0 Å². The third-order valence-electron chi connectivity index (χ3n) is 2.57. The van der Waals surface area contributed by atoms with E-state index in [2.05, 4.69) is 4.98 Å². The second-order valence-electron chi connectivity index (χ2n) is 3.90. The molecular formula is C14H11NO3. The fourth-order valence-corrected chi connectivity index (χ4v) is 1.62. The lowest BCUT2D eigenvalue weighted by molar-refractivity contribution is 0.0686. The number of pyridine rings is 1. The second kappa shape index (κ2) is 4.79. The van der Waals surface area contributed by atoms with Crippen LogP contribution >= 0.6 is 0 Å². The Labute approximate surface area is 104 Å². The number of nitrogens with zero attached hydrogens (tertiary/aromatic N) is 1.